The number of anilines is 1. The molecule has 0 fully saturated rings. The summed E-state index contributed by atoms with van der Waals surface area (Å²) in [6.07, 6.45) is 0.815. The summed E-state index contributed by atoms with van der Waals surface area (Å²) in [7, 11) is 0. The van der Waals surface area contributed by atoms with E-state index in [1.165, 1.54) is 6.07 Å². The van der Waals surface area contributed by atoms with E-state index in [-0.39, 0.29) is 5.69 Å². The van der Waals surface area contributed by atoms with Gasteiger partial charge in [0, 0.05) is 6.07 Å². The molecule has 0 aromatic heterocycles. The van der Waals surface area contributed by atoms with Gasteiger partial charge in [-0.25, -0.2) is 8.78 Å². The van der Waals surface area contributed by atoms with Crippen molar-refractivity contribution in [3.05, 3.63) is 73.8 Å². The fourth-order valence-corrected chi connectivity index (χ4v) is 1.68. The lowest BCUT2D eigenvalue weighted by molar-refractivity contribution is -0.393. The van der Waals surface area contributed by atoms with Gasteiger partial charge in [0.2, 0.25) is 0 Å². The highest BCUT2D eigenvalue weighted by atomic mass is 19.1. The summed E-state index contributed by atoms with van der Waals surface area (Å²) in [5.41, 5.74) is 0.592. The minimum Gasteiger partial charge on any atom is -0.272 e. The van der Waals surface area contributed by atoms with E-state index in [9.17, 15) is 29.0 Å². The molecule has 0 atom stereocenters. The second-order valence-corrected chi connectivity index (χ2v) is 4.22. The van der Waals surface area contributed by atoms with Crippen LogP contribution < -0.4 is 5.43 Å². The third-order valence-electron chi connectivity index (χ3n) is 2.77. The lowest BCUT2D eigenvalue weighted by atomic mass is 10.2. The van der Waals surface area contributed by atoms with Gasteiger partial charge in [0.25, 0.3) is 5.69 Å². The zero-order valence-electron chi connectivity index (χ0n) is 11.3. The van der Waals surface area contributed by atoms with Gasteiger partial charge >= 0.3 is 5.69 Å². The number of halogens is 2. The molecule has 0 aliphatic rings. The highest BCUT2D eigenvalue weighted by Crippen LogP contribution is 2.28. The van der Waals surface area contributed by atoms with Crippen molar-refractivity contribution < 1.29 is 18.6 Å². The minimum atomic E-state index is -0.853. The number of hydrogen-bond donors (Lipinski definition) is 1. The molecule has 0 aliphatic carbocycles. The molecule has 23 heavy (non-hydrogen) atoms. The largest absolute Gasteiger partial charge is 0.301 e. The smallest absolute Gasteiger partial charge is 0.272 e. The fraction of sp³-hybridized carbons (Fsp3) is 0. The van der Waals surface area contributed by atoms with E-state index in [1.807, 2.05) is 0 Å². The maximum atomic E-state index is 13.4. The molecule has 8 nitrogen and oxygen atoms in total. The van der Waals surface area contributed by atoms with Gasteiger partial charge in [0.1, 0.15) is 17.3 Å². The molecule has 0 spiro atoms. The molecule has 118 valence electrons. The van der Waals surface area contributed by atoms with Crippen molar-refractivity contribution in [2.75, 3.05) is 5.43 Å². The van der Waals surface area contributed by atoms with Crippen molar-refractivity contribution >= 4 is 23.3 Å². The second kappa shape index (κ2) is 6.56. The van der Waals surface area contributed by atoms with Gasteiger partial charge in [-0.05, 0) is 18.2 Å². The Labute approximate surface area is 127 Å². The summed E-state index contributed by atoms with van der Waals surface area (Å²) >= 11 is 0. The van der Waals surface area contributed by atoms with Crippen LogP contribution in [0, 0.1) is 31.9 Å². The summed E-state index contributed by atoms with van der Waals surface area (Å²) in [6, 6.07) is 6.09. The van der Waals surface area contributed by atoms with Gasteiger partial charge in [-0.3, -0.25) is 25.7 Å². The first-order valence-electron chi connectivity index (χ1n) is 6.06. The Morgan fingerprint density at radius 3 is 2.26 bits per heavy atom. The van der Waals surface area contributed by atoms with Crippen molar-refractivity contribution in [3.8, 4) is 0 Å². The van der Waals surface area contributed by atoms with E-state index in [0.717, 1.165) is 36.5 Å². The number of hydrazone groups is 1. The number of hydrogen-bond acceptors (Lipinski definition) is 6. The van der Waals surface area contributed by atoms with Crippen molar-refractivity contribution in [2.24, 2.45) is 5.10 Å². The molecule has 0 radical (unpaired) electrons. The van der Waals surface area contributed by atoms with Gasteiger partial charge in [-0.2, -0.15) is 5.10 Å². The minimum absolute atomic E-state index is 0.159. The summed E-state index contributed by atoms with van der Waals surface area (Å²) in [6.45, 7) is 0. The average molecular weight is 322 g/mol. The maximum absolute atomic E-state index is 13.4. The summed E-state index contributed by atoms with van der Waals surface area (Å²) < 4.78 is 26.8. The summed E-state index contributed by atoms with van der Waals surface area (Å²) in [5, 5.41) is 25.0. The molecule has 0 bridgehead atoms. The SMILES string of the molecule is O=[N+]([O-])c1ccc(N/N=C/c2c(F)cccc2F)c([N+](=O)[O-])c1. The Kier molecular flexibility index (Phi) is 4.55. The highest BCUT2D eigenvalue weighted by Gasteiger charge is 2.19. The van der Waals surface area contributed by atoms with Gasteiger partial charge in [0.15, 0.2) is 0 Å². The van der Waals surface area contributed by atoms with Crippen LogP contribution in [0.4, 0.5) is 25.8 Å². The zero-order valence-corrected chi connectivity index (χ0v) is 11.3. The number of nitro benzene ring substituents is 2. The van der Waals surface area contributed by atoms with Crippen LogP contribution in [0.25, 0.3) is 0 Å². The first kappa shape index (κ1) is 15.9. The molecular weight excluding hydrogens is 314 g/mol. The predicted octanol–water partition coefficient (Wildman–Crippen LogP) is 3.23. The summed E-state index contributed by atoms with van der Waals surface area (Å²) in [5.74, 6) is -1.71. The molecule has 1 N–H and O–H groups in total. The first-order valence-corrected chi connectivity index (χ1v) is 6.06. The van der Waals surface area contributed by atoms with Gasteiger partial charge in [0.05, 0.1) is 27.7 Å². The molecule has 2 rings (SSSR count). The van der Waals surface area contributed by atoms with E-state index in [4.69, 9.17) is 0 Å². The molecule has 0 unspecified atom stereocenters. The highest BCUT2D eigenvalue weighted by molar-refractivity contribution is 5.81. The standard InChI is InChI=1S/C13H8F2N4O4/c14-10-2-1-3-11(15)9(10)7-16-17-12-5-4-8(18(20)21)6-13(12)19(22)23/h1-7,17H/b16-7+. The van der Waals surface area contributed by atoms with Crippen LogP contribution in [-0.2, 0) is 0 Å². The molecule has 0 saturated carbocycles. The third-order valence-corrected chi connectivity index (χ3v) is 2.77. The lowest BCUT2D eigenvalue weighted by Gasteiger charge is -2.02. The van der Waals surface area contributed by atoms with Crippen LogP contribution in [0.1, 0.15) is 5.56 Å². The van der Waals surface area contributed by atoms with E-state index < -0.39 is 38.4 Å². The topological polar surface area (TPSA) is 111 Å². The fourth-order valence-electron chi connectivity index (χ4n) is 1.68. The van der Waals surface area contributed by atoms with Gasteiger partial charge in [-0.15, -0.1) is 0 Å². The Hall–Kier alpha value is -3.43. The van der Waals surface area contributed by atoms with E-state index >= 15 is 0 Å². The molecule has 2 aromatic carbocycles. The van der Waals surface area contributed by atoms with Crippen molar-refractivity contribution in [1.82, 2.24) is 0 Å². The van der Waals surface area contributed by atoms with E-state index in [2.05, 4.69) is 10.5 Å². The number of rotatable bonds is 5. The van der Waals surface area contributed by atoms with Crippen LogP contribution in [0.5, 0.6) is 0 Å². The molecule has 10 heteroatoms. The van der Waals surface area contributed by atoms with Crippen LogP contribution in [0.2, 0.25) is 0 Å². The Morgan fingerprint density at radius 1 is 1.04 bits per heavy atom. The molecule has 0 heterocycles. The van der Waals surface area contributed by atoms with Crippen LogP contribution in [0.15, 0.2) is 41.5 Å². The summed E-state index contributed by atoms with van der Waals surface area (Å²) in [4.78, 5) is 19.9. The number of nitrogens with zero attached hydrogens (tertiary/aromatic N) is 3. The number of benzene rings is 2. The molecule has 0 saturated heterocycles. The number of nitro groups is 2. The molecule has 0 amide bonds. The molecule has 0 aliphatic heterocycles. The monoisotopic (exact) mass is 322 g/mol. The molecule has 2 aromatic rings. The van der Waals surface area contributed by atoms with Crippen molar-refractivity contribution in [2.45, 2.75) is 0 Å². The second-order valence-electron chi connectivity index (χ2n) is 4.22. The number of non-ortho nitro benzene ring substituents is 1. The first-order chi connectivity index (χ1) is 10.9. The Balaban J connectivity index is 2.28. The van der Waals surface area contributed by atoms with Crippen molar-refractivity contribution in [3.63, 3.8) is 0 Å². The van der Waals surface area contributed by atoms with Gasteiger partial charge < -0.3 is 0 Å². The van der Waals surface area contributed by atoms with Crippen LogP contribution in [-0.4, -0.2) is 16.1 Å². The maximum Gasteiger partial charge on any atom is 0.301 e. The quantitative estimate of drug-likeness (QED) is 0.516. The van der Waals surface area contributed by atoms with Crippen LogP contribution >= 0.6 is 0 Å². The van der Waals surface area contributed by atoms with Gasteiger partial charge in [-0.1, -0.05) is 6.07 Å². The van der Waals surface area contributed by atoms with Crippen molar-refractivity contribution in [1.29, 1.82) is 0 Å². The third kappa shape index (κ3) is 3.61. The lowest BCUT2D eigenvalue weighted by Crippen LogP contribution is -2.00. The van der Waals surface area contributed by atoms with E-state index in [0.29, 0.717) is 0 Å². The number of nitrogens with one attached hydrogen (secondary N) is 1. The predicted molar refractivity (Wildman–Crippen MR) is 77.3 cm³/mol. The zero-order chi connectivity index (χ0) is 17.0. The normalized spacial score (nSPS) is 10.7. The Bertz CT molecular complexity index is 790. The van der Waals surface area contributed by atoms with Crippen LogP contribution in [0.3, 0.4) is 0 Å². The average Bonchev–Trinajstić information content (AvgIpc) is 2.50. The Morgan fingerprint density at radius 2 is 1.70 bits per heavy atom. The molecular formula is C13H8F2N4O4. The van der Waals surface area contributed by atoms with E-state index in [1.54, 1.807) is 0 Å².